The van der Waals surface area contributed by atoms with Crippen molar-refractivity contribution in [3.63, 3.8) is 0 Å². The number of hydrogen-bond donors (Lipinski definition) is 1. The van der Waals surface area contributed by atoms with Gasteiger partial charge in [-0.1, -0.05) is 0 Å². The van der Waals surface area contributed by atoms with E-state index in [4.69, 9.17) is 4.98 Å². The first kappa shape index (κ1) is 11.9. The maximum Gasteiger partial charge on any atom is 0.101 e. The first-order valence-corrected chi connectivity index (χ1v) is 6.65. The standard InChI is InChI=1S/C15H16N4/c1-9-14(10(2)19-18-9)15-12(8-16)7-11-5-3-4-6-13(11)17-15/h7H,3-6H2,1-2H3,(H,18,19). The molecule has 0 atom stereocenters. The minimum Gasteiger partial charge on any atom is -0.282 e. The first-order chi connectivity index (χ1) is 9.20. The fourth-order valence-corrected chi connectivity index (χ4v) is 2.81. The summed E-state index contributed by atoms with van der Waals surface area (Å²) >= 11 is 0. The minimum atomic E-state index is 0.660. The Hall–Kier alpha value is -2.15. The average Bonchev–Trinajstić information content (AvgIpc) is 2.76. The molecule has 4 nitrogen and oxygen atoms in total. The number of pyridine rings is 1. The molecule has 0 spiro atoms. The molecule has 1 aliphatic carbocycles. The molecule has 0 aliphatic heterocycles. The van der Waals surface area contributed by atoms with Crippen LogP contribution in [0, 0.1) is 25.2 Å². The number of fused-ring (bicyclic) bond motifs is 1. The van der Waals surface area contributed by atoms with Gasteiger partial charge in [-0.05, 0) is 51.2 Å². The van der Waals surface area contributed by atoms with E-state index in [-0.39, 0.29) is 0 Å². The summed E-state index contributed by atoms with van der Waals surface area (Å²) in [7, 11) is 0. The lowest BCUT2D eigenvalue weighted by molar-refractivity contribution is 0.668. The van der Waals surface area contributed by atoms with E-state index in [0.717, 1.165) is 41.2 Å². The van der Waals surface area contributed by atoms with Crippen molar-refractivity contribution in [2.45, 2.75) is 39.5 Å². The molecular weight excluding hydrogens is 236 g/mol. The molecular formula is C15H16N4. The van der Waals surface area contributed by atoms with Crippen molar-refractivity contribution in [1.29, 1.82) is 5.26 Å². The van der Waals surface area contributed by atoms with Gasteiger partial charge in [0.15, 0.2) is 0 Å². The van der Waals surface area contributed by atoms with E-state index in [1.807, 2.05) is 19.9 Å². The summed E-state index contributed by atoms with van der Waals surface area (Å²) in [6.45, 7) is 3.92. The van der Waals surface area contributed by atoms with E-state index >= 15 is 0 Å². The molecule has 1 N–H and O–H groups in total. The summed E-state index contributed by atoms with van der Waals surface area (Å²) in [4.78, 5) is 4.77. The lowest BCUT2D eigenvalue weighted by Gasteiger charge is -2.16. The van der Waals surface area contributed by atoms with Crippen LogP contribution < -0.4 is 0 Å². The summed E-state index contributed by atoms with van der Waals surface area (Å²) in [5, 5.41) is 16.6. The van der Waals surface area contributed by atoms with Crippen LogP contribution in [0.4, 0.5) is 0 Å². The van der Waals surface area contributed by atoms with Gasteiger partial charge in [-0.2, -0.15) is 10.4 Å². The molecule has 2 heterocycles. The molecule has 0 bridgehead atoms. The molecule has 0 aromatic carbocycles. The minimum absolute atomic E-state index is 0.660. The van der Waals surface area contributed by atoms with Crippen molar-refractivity contribution in [3.8, 4) is 17.3 Å². The number of aryl methyl sites for hydroxylation is 4. The van der Waals surface area contributed by atoms with E-state index in [0.29, 0.717) is 5.56 Å². The predicted octanol–water partition coefficient (Wildman–Crippen LogP) is 2.84. The molecule has 4 heteroatoms. The number of aromatic nitrogens is 3. The Labute approximate surface area is 112 Å². The number of hydrogen-bond acceptors (Lipinski definition) is 3. The third-order valence-electron chi connectivity index (χ3n) is 3.79. The van der Waals surface area contributed by atoms with Gasteiger partial charge in [0.1, 0.15) is 6.07 Å². The summed E-state index contributed by atoms with van der Waals surface area (Å²) < 4.78 is 0. The van der Waals surface area contributed by atoms with Crippen LogP contribution in [0.25, 0.3) is 11.3 Å². The van der Waals surface area contributed by atoms with Gasteiger partial charge in [-0.15, -0.1) is 0 Å². The maximum atomic E-state index is 9.38. The molecule has 0 fully saturated rings. The molecule has 96 valence electrons. The molecule has 0 radical (unpaired) electrons. The second kappa shape index (κ2) is 4.51. The van der Waals surface area contributed by atoms with Gasteiger partial charge < -0.3 is 0 Å². The zero-order valence-corrected chi connectivity index (χ0v) is 11.2. The SMILES string of the molecule is Cc1n[nH]c(C)c1-c1nc2c(cc1C#N)CCCC2. The van der Waals surface area contributed by atoms with Crippen molar-refractivity contribution in [2.75, 3.05) is 0 Å². The Kier molecular flexibility index (Phi) is 2.83. The van der Waals surface area contributed by atoms with Crippen molar-refractivity contribution < 1.29 is 0 Å². The molecule has 3 rings (SSSR count). The van der Waals surface area contributed by atoms with Gasteiger partial charge in [0.25, 0.3) is 0 Å². The van der Waals surface area contributed by atoms with E-state index in [9.17, 15) is 5.26 Å². The van der Waals surface area contributed by atoms with E-state index in [1.54, 1.807) is 0 Å². The average molecular weight is 252 g/mol. The first-order valence-electron chi connectivity index (χ1n) is 6.65. The highest BCUT2D eigenvalue weighted by Gasteiger charge is 2.19. The Bertz CT molecular complexity index is 657. The van der Waals surface area contributed by atoms with Gasteiger partial charge in [-0.3, -0.25) is 10.1 Å². The summed E-state index contributed by atoms with van der Waals surface area (Å²) in [6.07, 6.45) is 4.45. The Morgan fingerprint density at radius 1 is 1.26 bits per heavy atom. The van der Waals surface area contributed by atoms with Gasteiger partial charge >= 0.3 is 0 Å². The maximum absolute atomic E-state index is 9.38. The van der Waals surface area contributed by atoms with E-state index in [2.05, 4.69) is 16.3 Å². The van der Waals surface area contributed by atoms with Crippen molar-refractivity contribution in [3.05, 3.63) is 34.3 Å². The highest BCUT2D eigenvalue weighted by molar-refractivity contribution is 5.71. The van der Waals surface area contributed by atoms with Crippen LogP contribution >= 0.6 is 0 Å². The second-order valence-electron chi connectivity index (χ2n) is 5.12. The quantitative estimate of drug-likeness (QED) is 0.848. The molecule has 2 aromatic rings. The summed E-state index contributed by atoms with van der Waals surface area (Å²) in [5.74, 6) is 0. The Morgan fingerprint density at radius 2 is 2.05 bits per heavy atom. The van der Waals surface area contributed by atoms with Gasteiger partial charge in [-0.25, -0.2) is 0 Å². The molecule has 2 aromatic heterocycles. The highest BCUT2D eigenvalue weighted by Crippen LogP contribution is 2.30. The predicted molar refractivity (Wildman–Crippen MR) is 72.6 cm³/mol. The fraction of sp³-hybridized carbons (Fsp3) is 0.400. The number of aromatic amines is 1. The highest BCUT2D eigenvalue weighted by atomic mass is 15.1. The lowest BCUT2D eigenvalue weighted by atomic mass is 9.93. The van der Waals surface area contributed by atoms with Crippen molar-refractivity contribution in [2.24, 2.45) is 0 Å². The second-order valence-corrected chi connectivity index (χ2v) is 5.12. The monoisotopic (exact) mass is 252 g/mol. The van der Waals surface area contributed by atoms with Crippen LogP contribution in [0.1, 0.15) is 41.1 Å². The lowest BCUT2D eigenvalue weighted by Crippen LogP contribution is -2.08. The van der Waals surface area contributed by atoms with Gasteiger partial charge in [0.05, 0.1) is 17.0 Å². The van der Waals surface area contributed by atoms with Crippen molar-refractivity contribution >= 4 is 0 Å². The van der Waals surface area contributed by atoms with Crippen LogP contribution in [0.3, 0.4) is 0 Å². The molecule has 0 saturated heterocycles. The number of nitrogens with one attached hydrogen (secondary N) is 1. The number of nitriles is 1. The molecule has 0 saturated carbocycles. The summed E-state index contributed by atoms with van der Waals surface area (Å²) in [5.41, 5.74) is 6.69. The Morgan fingerprint density at radius 3 is 2.74 bits per heavy atom. The van der Waals surface area contributed by atoms with Crippen LogP contribution in [-0.2, 0) is 12.8 Å². The number of H-pyrrole nitrogens is 1. The largest absolute Gasteiger partial charge is 0.282 e. The van der Waals surface area contributed by atoms with Crippen LogP contribution in [0.5, 0.6) is 0 Å². The summed E-state index contributed by atoms with van der Waals surface area (Å²) in [6, 6.07) is 4.30. The third kappa shape index (κ3) is 1.91. The zero-order chi connectivity index (χ0) is 13.4. The number of rotatable bonds is 1. The van der Waals surface area contributed by atoms with Crippen LogP contribution in [-0.4, -0.2) is 15.2 Å². The fourth-order valence-electron chi connectivity index (χ4n) is 2.81. The van der Waals surface area contributed by atoms with Crippen LogP contribution in [0.2, 0.25) is 0 Å². The van der Waals surface area contributed by atoms with E-state index in [1.165, 1.54) is 18.4 Å². The van der Waals surface area contributed by atoms with Crippen LogP contribution in [0.15, 0.2) is 6.07 Å². The van der Waals surface area contributed by atoms with Crippen molar-refractivity contribution in [1.82, 2.24) is 15.2 Å². The Balaban J connectivity index is 2.24. The number of nitrogens with zero attached hydrogens (tertiary/aromatic N) is 3. The molecule has 0 unspecified atom stereocenters. The normalized spacial score (nSPS) is 13.9. The molecule has 0 amide bonds. The molecule has 1 aliphatic rings. The van der Waals surface area contributed by atoms with E-state index < -0.39 is 0 Å². The zero-order valence-electron chi connectivity index (χ0n) is 11.2. The van der Waals surface area contributed by atoms with Gasteiger partial charge in [0.2, 0.25) is 0 Å². The third-order valence-corrected chi connectivity index (χ3v) is 3.79. The topological polar surface area (TPSA) is 65.4 Å². The molecule has 19 heavy (non-hydrogen) atoms. The van der Waals surface area contributed by atoms with Gasteiger partial charge in [0, 0.05) is 17.0 Å². The smallest absolute Gasteiger partial charge is 0.101 e.